The zero-order valence-corrected chi connectivity index (χ0v) is 13.4. The SMILES string of the molecule is CCN(CCC(=O)OC)C(=O)/C=C/c1cccc2cccnc12. The Morgan fingerprint density at radius 1 is 1.26 bits per heavy atom. The first-order valence-electron chi connectivity index (χ1n) is 7.53. The molecule has 1 heterocycles. The molecule has 2 rings (SSSR count). The van der Waals surface area contributed by atoms with E-state index in [4.69, 9.17) is 0 Å². The first-order chi connectivity index (χ1) is 11.2. The Kier molecular flexibility index (Phi) is 5.86. The molecule has 5 heteroatoms. The second kappa shape index (κ2) is 8.08. The van der Waals surface area contributed by atoms with Crippen molar-refractivity contribution in [2.24, 2.45) is 0 Å². The summed E-state index contributed by atoms with van der Waals surface area (Å²) in [4.78, 5) is 29.4. The lowest BCUT2D eigenvalue weighted by Gasteiger charge is -2.18. The first kappa shape index (κ1) is 16.7. The average Bonchev–Trinajstić information content (AvgIpc) is 2.60. The minimum absolute atomic E-state index is 0.135. The molecule has 23 heavy (non-hydrogen) atoms. The largest absolute Gasteiger partial charge is 0.469 e. The maximum Gasteiger partial charge on any atom is 0.307 e. The van der Waals surface area contributed by atoms with Gasteiger partial charge in [-0.05, 0) is 19.1 Å². The van der Waals surface area contributed by atoms with Crippen LogP contribution in [0, 0.1) is 0 Å². The molecule has 5 nitrogen and oxygen atoms in total. The molecule has 0 N–H and O–H groups in total. The molecule has 1 aromatic carbocycles. The van der Waals surface area contributed by atoms with Crippen molar-refractivity contribution in [1.29, 1.82) is 0 Å². The molecule has 0 fully saturated rings. The number of carbonyl (C=O) groups is 2. The van der Waals surface area contributed by atoms with Crippen LogP contribution in [0.15, 0.2) is 42.6 Å². The second-order valence-electron chi connectivity index (χ2n) is 5.00. The summed E-state index contributed by atoms with van der Waals surface area (Å²) in [5, 5.41) is 1.03. The molecule has 2 aromatic rings. The zero-order chi connectivity index (χ0) is 16.7. The lowest BCUT2D eigenvalue weighted by atomic mass is 10.1. The summed E-state index contributed by atoms with van der Waals surface area (Å²) in [6.07, 6.45) is 5.21. The molecule has 0 aliphatic rings. The normalized spacial score (nSPS) is 10.9. The van der Waals surface area contributed by atoms with Crippen LogP contribution in [0.3, 0.4) is 0 Å². The summed E-state index contributed by atoms with van der Waals surface area (Å²) in [7, 11) is 1.34. The topological polar surface area (TPSA) is 59.5 Å². The number of ether oxygens (including phenoxy) is 1. The summed E-state index contributed by atoms with van der Waals surface area (Å²) in [5.41, 5.74) is 1.75. The Labute approximate surface area is 135 Å². The van der Waals surface area contributed by atoms with Gasteiger partial charge in [0, 0.05) is 36.3 Å². The molecular weight excluding hydrogens is 292 g/mol. The Morgan fingerprint density at radius 3 is 2.78 bits per heavy atom. The van der Waals surface area contributed by atoms with Crippen LogP contribution in [0.1, 0.15) is 18.9 Å². The van der Waals surface area contributed by atoms with Gasteiger partial charge < -0.3 is 9.64 Å². The van der Waals surface area contributed by atoms with Gasteiger partial charge in [0.15, 0.2) is 0 Å². The Balaban J connectivity index is 2.11. The standard InChI is InChI=1S/C18H20N2O3/c1-3-20(13-11-17(22)23-2)16(21)10-9-15-7-4-6-14-8-5-12-19-18(14)15/h4-10,12H,3,11,13H2,1-2H3/b10-9+. The number of rotatable bonds is 6. The lowest BCUT2D eigenvalue weighted by molar-refractivity contribution is -0.141. The predicted octanol–water partition coefficient (Wildman–Crippen LogP) is 2.66. The lowest BCUT2D eigenvalue weighted by Crippen LogP contribution is -2.31. The number of likely N-dealkylation sites (N-methyl/N-ethyl adjacent to an activating group) is 1. The minimum Gasteiger partial charge on any atom is -0.469 e. The number of pyridine rings is 1. The van der Waals surface area contributed by atoms with Gasteiger partial charge in [-0.1, -0.05) is 24.3 Å². The quantitative estimate of drug-likeness (QED) is 0.608. The highest BCUT2D eigenvalue weighted by molar-refractivity contribution is 5.95. The van der Waals surface area contributed by atoms with Crippen molar-refractivity contribution in [2.45, 2.75) is 13.3 Å². The van der Waals surface area contributed by atoms with Crippen molar-refractivity contribution in [3.63, 3.8) is 0 Å². The van der Waals surface area contributed by atoms with Gasteiger partial charge in [0.2, 0.25) is 5.91 Å². The van der Waals surface area contributed by atoms with E-state index in [2.05, 4.69) is 9.72 Å². The van der Waals surface area contributed by atoms with Gasteiger partial charge in [0.1, 0.15) is 0 Å². The van der Waals surface area contributed by atoms with Gasteiger partial charge in [-0.25, -0.2) is 0 Å². The van der Waals surface area contributed by atoms with E-state index in [1.807, 2.05) is 37.3 Å². The maximum absolute atomic E-state index is 12.3. The van der Waals surface area contributed by atoms with E-state index in [9.17, 15) is 9.59 Å². The van der Waals surface area contributed by atoms with Crippen LogP contribution in [0.25, 0.3) is 17.0 Å². The fourth-order valence-corrected chi connectivity index (χ4v) is 2.28. The van der Waals surface area contributed by atoms with Crippen molar-refractivity contribution >= 4 is 28.9 Å². The van der Waals surface area contributed by atoms with Crippen molar-refractivity contribution in [3.8, 4) is 0 Å². The van der Waals surface area contributed by atoms with Gasteiger partial charge in [-0.2, -0.15) is 0 Å². The van der Waals surface area contributed by atoms with Crippen molar-refractivity contribution in [1.82, 2.24) is 9.88 Å². The van der Waals surface area contributed by atoms with E-state index in [0.29, 0.717) is 13.1 Å². The third kappa shape index (κ3) is 4.39. The number of fused-ring (bicyclic) bond motifs is 1. The number of methoxy groups -OCH3 is 1. The fraction of sp³-hybridized carbons (Fsp3) is 0.278. The fourth-order valence-electron chi connectivity index (χ4n) is 2.28. The number of hydrogen-bond acceptors (Lipinski definition) is 4. The van der Waals surface area contributed by atoms with Gasteiger partial charge in [-0.15, -0.1) is 0 Å². The number of amides is 1. The molecule has 0 saturated heterocycles. The summed E-state index contributed by atoms with van der Waals surface area (Å²) in [5.74, 6) is -0.456. The highest BCUT2D eigenvalue weighted by atomic mass is 16.5. The maximum atomic E-state index is 12.3. The van der Waals surface area contributed by atoms with E-state index in [1.165, 1.54) is 13.2 Å². The summed E-state index contributed by atoms with van der Waals surface area (Å²) >= 11 is 0. The number of para-hydroxylation sites is 1. The van der Waals surface area contributed by atoms with Gasteiger partial charge in [-0.3, -0.25) is 14.6 Å². The third-order valence-corrected chi connectivity index (χ3v) is 3.58. The molecule has 0 atom stereocenters. The van der Waals surface area contributed by atoms with Gasteiger partial charge in [0.25, 0.3) is 0 Å². The molecule has 0 radical (unpaired) electrons. The molecule has 0 saturated carbocycles. The first-order valence-corrected chi connectivity index (χ1v) is 7.53. The summed E-state index contributed by atoms with van der Waals surface area (Å²) in [6.45, 7) is 2.76. The van der Waals surface area contributed by atoms with Crippen LogP contribution in [0.4, 0.5) is 0 Å². The number of nitrogens with zero attached hydrogens (tertiary/aromatic N) is 2. The van der Waals surface area contributed by atoms with Gasteiger partial charge >= 0.3 is 5.97 Å². The number of benzene rings is 1. The molecule has 0 bridgehead atoms. The summed E-state index contributed by atoms with van der Waals surface area (Å²) in [6, 6.07) is 9.70. The van der Waals surface area contributed by atoms with Crippen LogP contribution in [-0.4, -0.2) is 42.0 Å². The van der Waals surface area contributed by atoms with Crippen molar-refractivity contribution in [3.05, 3.63) is 48.2 Å². The molecule has 1 amide bonds. The molecule has 1 aromatic heterocycles. The molecule has 0 unspecified atom stereocenters. The highest BCUT2D eigenvalue weighted by Crippen LogP contribution is 2.17. The molecule has 0 aliphatic carbocycles. The van der Waals surface area contributed by atoms with E-state index in [1.54, 1.807) is 17.2 Å². The van der Waals surface area contributed by atoms with Crippen LogP contribution < -0.4 is 0 Å². The highest BCUT2D eigenvalue weighted by Gasteiger charge is 2.11. The van der Waals surface area contributed by atoms with Crippen molar-refractivity contribution < 1.29 is 14.3 Å². The van der Waals surface area contributed by atoms with E-state index in [-0.39, 0.29) is 18.3 Å². The summed E-state index contributed by atoms with van der Waals surface area (Å²) < 4.78 is 4.60. The molecule has 0 spiro atoms. The Bertz CT molecular complexity index is 720. The van der Waals surface area contributed by atoms with Crippen LogP contribution in [0.2, 0.25) is 0 Å². The number of carbonyl (C=O) groups excluding carboxylic acids is 2. The zero-order valence-electron chi connectivity index (χ0n) is 13.4. The van der Waals surface area contributed by atoms with Crippen molar-refractivity contribution in [2.75, 3.05) is 20.2 Å². The van der Waals surface area contributed by atoms with E-state index >= 15 is 0 Å². The van der Waals surface area contributed by atoms with E-state index < -0.39 is 0 Å². The molecule has 0 aliphatic heterocycles. The van der Waals surface area contributed by atoms with Crippen LogP contribution >= 0.6 is 0 Å². The minimum atomic E-state index is -0.321. The average molecular weight is 312 g/mol. The Hall–Kier alpha value is -2.69. The number of esters is 1. The smallest absolute Gasteiger partial charge is 0.307 e. The Morgan fingerprint density at radius 2 is 2.04 bits per heavy atom. The van der Waals surface area contributed by atoms with Crippen LogP contribution in [0.5, 0.6) is 0 Å². The number of aromatic nitrogens is 1. The third-order valence-electron chi connectivity index (χ3n) is 3.58. The second-order valence-corrected chi connectivity index (χ2v) is 5.00. The van der Waals surface area contributed by atoms with Crippen LogP contribution in [-0.2, 0) is 14.3 Å². The van der Waals surface area contributed by atoms with E-state index in [0.717, 1.165) is 16.5 Å². The van der Waals surface area contributed by atoms with Gasteiger partial charge in [0.05, 0.1) is 19.0 Å². The number of hydrogen-bond donors (Lipinski definition) is 0. The monoisotopic (exact) mass is 312 g/mol. The molecular formula is C18H20N2O3. The molecule has 120 valence electrons. The predicted molar refractivity (Wildman–Crippen MR) is 89.7 cm³/mol.